The third-order valence-electron chi connectivity index (χ3n) is 3.69. The van der Waals surface area contributed by atoms with E-state index in [0.29, 0.717) is 0 Å². The van der Waals surface area contributed by atoms with Crippen molar-refractivity contribution in [1.29, 1.82) is 0 Å². The zero-order chi connectivity index (χ0) is 13.2. The van der Waals surface area contributed by atoms with E-state index in [1.54, 1.807) is 0 Å². The largest absolute Gasteiger partial charge is 0.191 e. The molecule has 1 unspecified atom stereocenters. The van der Waals surface area contributed by atoms with E-state index in [-0.39, 0.29) is 5.04 Å². The van der Waals surface area contributed by atoms with E-state index in [9.17, 15) is 0 Å². The summed E-state index contributed by atoms with van der Waals surface area (Å²) in [7, 11) is -1.96. The fourth-order valence-electron chi connectivity index (χ4n) is 2.59. The first-order chi connectivity index (χ1) is 8.46. The average molecular weight is 275 g/mol. The van der Waals surface area contributed by atoms with Gasteiger partial charge in [0.1, 0.15) is 0 Å². The lowest BCUT2D eigenvalue weighted by Crippen LogP contribution is -2.52. The molecule has 2 rings (SSSR count). The molecule has 1 atom stereocenters. The molecular formula is C16H22SSi. The maximum Gasteiger partial charge on any atom is 0.179 e. The van der Waals surface area contributed by atoms with Crippen molar-refractivity contribution in [3.8, 4) is 0 Å². The van der Waals surface area contributed by atoms with Crippen LogP contribution in [0.15, 0.2) is 53.8 Å². The van der Waals surface area contributed by atoms with Crippen LogP contribution in [0.25, 0.3) is 0 Å². The van der Waals surface area contributed by atoms with Gasteiger partial charge >= 0.3 is 0 Å². The molecule has 0 saturated heterocycles. The van der Waals surface area contributed by atoms with E-state index >= 15 is 0 Å². The van der Waals surface area contributed by atoms with Gasteiger partial charge in [0.15, 0.2) is 7.22 Å². The molecule has 0 aliphatic heterocycles. The molecule has 0 aromatic heterocycles. The zero-order valence-corrected chi connectivity index (χ0v) is 13.4. The van der Waals surface area contributed by atoms with Crippen molar-refractivity contribution in [2.45, 2.75) is 38.7 Å². The Bertz CT molecular complexity index is 468. The summed E-state index contributed by atoms with van der Waals surface area (Å²) in [5, 5.41) is 3.08. The number of allylic oxidation sites excluding steroid dienone is 4. The molecular weight excluding hydrogens is 252 g/mol. The maximum atomic E-state index is 5.25. The predicted molar refractivity (Wildman–Crippen MR) is 87.0 cm³/mol. The summed E-state index contributed by atoms with van der Waals surface area (Å²) >= 11 is 5.25. The Morgan fingerprint density at radius 3 is 2.22 bits per heavy atom. The average Bonchev–Trinajstić information content (AvgIpc) is 2.38. The molecule has 96 valence electrons. The molecule has 0 radical (unpaired) electrons. The summed E-state index contributed by atoms with van der Waals surface area (Å²) in [6.45, 7) is 6.97. The van der Waals surface area contributed by atoms with Gasteiger partial charge in [0, 0.05) is 0 Å². The van der Waals surface area contributed by atoms with Crippen LogP contribution in [0, 0.1) is 0 Å². The van der Waals surface area contributed by atoms with Crippen LogP contribution in [-0.2, 0) is 0 Å². The molecule has 0 fully saturated rings. The summed E-state index contributed by atoms with van der Waals surface area (Å²) in [6, 6.07) is 10.8. The van der Waals surface area contributed by atoms with Gasteiger partial charge in [-0.2, -0.15) is 12.1 Å². The van der Waals surface area contributed by atoms with Gasteiger partial charge in [0.2, 0.25) is 0 Å². The fraction of sp³-hybridized carbons (Fsp3) is 0.375. The standard InChI is InChI=1S/C16H22SSi/c1-16(2,3)18(17,14-10-6-4-7-11-14)15-12-8-5-9-13-15/h4,6-8,10-13,17H,5,9H2,1-3H3. The van der Waals surface area contributed by atoms with Gasteiger partial charge in [-0.15, -0.1) is 0 Å². The molecule has 2 heteroatoms. The first-order valence-corrected chi connectivity index (χ1v) is 9.90. The fourth-order valence-corrected chi connectivity index (χ4v) is 7.08. The number of thiol groups is 1. The van der Waals surface area contributed by atoms with Crippen LogP contribution in [0.5, 0.6) is 0 Å². The molecule has 0 heterocycles. The van der Waals surface area contributed by atoms with Crippen molar-refractivity contribution in [2.75, 3.05) is 0 Å². The second kappa shape index (κ2) is 5.10. The first-order valence-electron chi connectivity index (χ1n) is 6.61. The van der Waals surface area contributed by atoms with Gasteiger partial charge in [-0.3, -0.25) is 0 Å². The molecule has 0 amide bonds. The quantitative estimate of drug-likeness (QED) is 0.600. The van der Waals surface area contributed by atoms with Crippen molar-refractivity contribution < 1.29 is 0 Å². The summed E-state index contributed by atoms with van der Waals surface area (Å²) < 4.78 is 0. The van der Waals surface area contributed by atoms with Gasteiger partial charge in [-0.1, -0.05) is 69.3 Å². The minimum atomic E-state index is -1.96. The highest BCUT2D eigenvalue weighted by Crippen LogP contribution is 2.44. The van der Waals surface area contributed by atoms with E-state index in [0.717, 1.165) is 6.42 Å². The highest BCUT2D eigenvalue weighted by atomic mass is 32.3. The minimum absolute atomic E-state index is 0.199. The van der Waals surface area contributed by atoms with Crippen molar-refractivity contribution in [3.63, 3.8) is 0 Å². The van der Waals surface area contributed by atoms with Gasteiger partial charge < -0.3 is 0 Å². The van der Waals surface area contributed by atoms with Crippen LogP contribution in [0.4, 0.5) is 0 Å². The van der Waals surface area contributed by atoms with Gasteiger partial charge in [-0.05, 0) is 28.3 Å². The Labute approximate surface area is 117 Å². The van der Waals surface area contributed by atoms with E-state index in [1.807, 2.05) is 0 Å². The lowest BCUT2D eigenvalue weighted by atomic mass is 10.2. The molecule has 1 aliphatic carbocycles. The third kappa shape index (κ3) is 2.36. The van der Waals surface area contributed by atoms with Crippen LogP contribution in [0.3, 0.4) is 0 Å². The van der Waals surface area contributed by atoms with E-state index in [2.05, 4.69) is 69.3 Å². The Morgan fingerprint density at radius 1 is 1.06 bits per heavy atom. The Kier molecular flexibility index (Phi) is 3.88. The molecule has 0 spiro atoms. The van der Waals surface area contributed by atoms with Gasteiger partial charge in [0.05, 0.1) is 0 Å². The normalized spacial score (nSPS) is 19.2. The van der Waals surface area contributed by atoms with Crippen molar-refractivity contribution in [3.05, 3.63) is 53.8 Å². The summed E-state index contributed by atoms with van der Waals surface area (Å²) in [4.78, 5) is 0. The van der Waals surface area contributed by atoms with Crippen LogP contribution in [-0.4, -0.2) is 7.22 Å². The molecule has 0 saturated carbocycles. The lowest BCUT2D eigenvalue weighted by molar-refractivity contribution is 0.742. The highest BCUT2D eigenvalue weighted by Gasteiger charge is 2.45. The van der Waals surface area contributed by atoms with E-state index in [1.165, 1.54) is 16.8 Å². The number of benzene rings is 1. The van der Waals surface area contributed by atoms with E-state index < -0.39 is 7.22 Å². The van der Waals surface area contributed by atoms with Crippen LogP contribution in [0.2, 0.25) is 5.04 Å². The molecule has 1 aromatic rings. The highest BCUT2D eigenvalue weighted by molar-refractivity contribution is 8.17. The molecule has 1 aliphatic rings. The minimum Gasteiger partial charge on any atom is -0.191 e. The molecule has 18 heavy (non-hydrogen) atoms. The Morgan fingerprint density at radius 2 is 1.72 bits per heavy atom. The van der Waals surface area contributed by atoms with Crippen molar-refractivity contribution >= 4 is 24.5 Å². The Hall–Kier alpha value is -0.733. The lowest BCUT2D eigenvalue weighted by Gasteiger charge is -2.41. The number of rotatable bonds is 2. The van der Waals surface area contributed by atoms with Crippen LogP contribution in [0.1, 0.15) is 33.6 Å². The maximum absolute atomic E-state index is 5.25. The van der Waals surface area contributed by atoms with Crippen LogP contribution >= 0.6 is 12.1 Å². The summed E-state index contributed by atoms with van der Waals surface area (Å²) in [5.41, 5.74) is 0. The molecule has 1 aromatic carbocycles. The smallest absolute Gasteiger partial charge is 0.179 e. The molecule has 0 N–H and O–H groups in total. The van der Waals surface area contributed by atoms with Gasteiger partial charge in [-0.25, -0.2) is 0 Å². The summed E-state index contributed by atoms with van der Waals surface area (Å²) in [6.07, 6.45) is 9.32. The van der Waals surface area contributed by atoms with Crippen molar-refractivity contribution in [1.82, 2.24) is 0 Å². The second-order valence-corrected chi connectivity index (χ2v) is 12.1. The van der Waals surface area contributed by atoms with E-state index in [4.69, 9.17) is 12.1 Å². The van der Waals surface area contributed by atoms with Gasteiger partial charge in [0.25, 0.3) is 0 Å². The first kappa shape index (κ1) is 13.7. The topological polar surface area (TPSA) is 0 Å². The second-order valence-electron chi connectivity index (χ2n) is 5.97. The SMILES string of the molecule is CC(C)(C)[Si](S)(C1=CCCC=C1)c1ccccc1. The zero-order valence-electron chi connectivity index (χ0n) is 11.5. The third-order valence-corrected chi connectivity index (χ3v) is 11.8. The summed E-state index contributed by atoms with van der Waals surface area (Å²) in [5.74, 6) is 0. The number of hydrogen-bond donors (Lipinski definition) is 1. The predicted octanol–water partition coefficient (Wildman–Crippen LogP) is 4.38. The molecule has 0 nitrogen and oxygen atoms in total. The molecule has 0 bridgehead atoms. The monoisotopic (exact) mass is 274 g/mol. The van der Waals surface area contributed by atoms with Crippen LogP contribution < -0.4 is 5.19 Å². The Balaban J connectivity index is 2.55. The van der Waals surface area contributed by atoms with Crippen molar-refractivity contribution in [2.24, 2.45) is 0 Å². The number of hydrogen-bond acceptors (Lipinski definition) is 1.